The Balaban J connectivity index is 0.00000364. The Labute approximate surface area is 160 Å². The van der Waals surface area contributed by atoms with Gasteiger partial charge in [-0.25, -0.2) is 13.1 Å². The fraction of sp³-hybridized carbons (Fsp3) is 0.333. The van der Waals surface area contributed by atoms with Crippen molar-refractivity contribution in [1.82, 2.24) is 9.78 Å². The summed E-state index contributed by atoms with van der Waals surface area (Å²) in [5.41, 5.74) is 5.52. The number of sulfone groups is 1. The molecule has 0 bridgehead atoms. The first-order valence-electron chi connectivity index (χ1n) is 7.42. The van der Waals surface area contributed by atoms with Gasteiger partial charge < -0.3 is 11.1 Å². The van der Waals surface area contributed by atoms with E-state index in [0.717, 1.165) is 18.4 Å². The molecule has 1 unspecified atom stereocenters. The van der Waals surface area contributed by atoms with Crippen LogP contribution in [0, 0.1) is 0 Å². The number of rotatable bonds is 6. The van der Waals surface area contributed by atoms with Gasteiger partial charge in [0.05, 0.1) is 41.1 Å². The molecular formula is C15H18ClF3N4O3S. The molecule has 7 nitrogen and oxygen atoms in total. The van der Waals surface area contributed by atoms with Gasteiger partial charge in [0.15, 0.2) is 0 Å². The van der Waals surface area contributed by atoms with Crippen molar-refractivity contribution < 1.29 is 26.4 Å². The summed E-state index contributed by atoms with van der Waals surface area (Å²) in [5.74, 6) is -0.799. The highest BCUT2D eigenvalue weighted by atomic mass is 35.5. The van der Waals surface area contributed by atoms with Gasteiger partial charge in [0.1, 0.15) is 9.84 Å². The number of nitrogens with zero attached hydrogens (tertiary/aromatic N) is 2. The Morgan fingerprint density at radius 1 is 1.30 bits per heavy atom. The van der Waals surface area contributed by atoms with Gasteiger partial charge in [0.25, 0.3) is 0 Å². The average molecular weight is 427 g/mol. The molecule has 1 atom stereocenters. The highest BCUT2D eigenvalue weighted by Crippen LogP contribution is 2.29. The number of aromatic nitrogens is 2. The molecule has 0 aliphatic heterocycles. The molecule has 1 aromatic carbocycles. The molecule has 0 radical (unpaired) electrons. The van der Waals surface area contributed by atoms with Crippen LogP contribution >= 0.6 is 12.4 Å². The summed E-state index contributed by atoms with van der Waals surface area (Å²) in [4.78, 5) is 11.9. The Hall–Kier alpha value is -2.11. The summed E-state index contributed by atoms with van der Waals surface area (Å²) in [5, 5.41) is 6.44. The van der Waals surface area contributed by atoms with E-state index in [1.807, 2.05) is 0 Å². The van der Waals surface area contributed by atoms with Crippen LogP contribution in [-0.2, 0) is 20.8 Å². The number of benzene rings is 1. The maximum absolute atomic E-state index is 12.6. The standard InChI is InChI=1S/C15H17F3N4O3S.ClH/c1-26(24,25)7-6-13(19)14(23)21-11-8-20-22(9-11)12-4-2-10(3-5-12)15(16,17)18;/h2-5,8-9,13H,6-7,19H2,1H3,(H,21,23);1H. The molecule has 0 fully saturated rings. The summed E-state index contributed by atoms with van der Waals surface area (Å²) in [6, 6.07) is 3.34. The Morgan fingerprint density at radius 3 is 2.41 bits per heavy atom. The summed E-state index contributed by atoms with van der Waals surface area (Å²) in [6.45, 7) is 0. The molecule has 0 aliphatic rings. The predicted molar refractivity (Wildman–Crippen MR) is 96.7 cm³/mol. The first-order chi connectivity index (χ1) is 12.0. The third-order valence-corrected chi connectivity index (χ3v) is 4.42. The fourth-order valence-corrected chi connectivity index (χ4v) is 2.72. The number of halogens is 4. The number of hydrogen-bond donors (Lipinski definition) is 2. The molecule has 27 heavy (non-hydrogen) atoms. The highest BCUT2D eigenvalue weighted by Gasteiger charge is 2.30. The lowest BCUT2D eigenvalue weighted by molar-refractivity contribution is -0.137. The number of carbonyl (C=O) groups is 1. The van der Waals surface area contributed by atoms with Crippen LogP contribution < -0.4 is 11.1 Å². The summed E-state index contributed by atoms with van der Waals surface area (Å²) in [7, 11) is -3.23. The number of alkyl halides is 3. The second kappa shape index (κ2) is 8.72. The molecule has 0 saturated heterocycles. The largest absolute Gasteiger partial charge is 0.416 e. The minimum Gasteiger partial charge on any atom is -0.322 e. The molecule has 0 saturated carbocycles. The Morgan fingerprint density at radius 2 is 1.89 bits per heavy atom. The fourth-order valence-electron chi connectivity index (χ4n) is 2.04. The maximum atomic E-state index is 12.6. The number of nitrogens with one attached hydrogen (secondary N) is 1. The van der Waals surface area contributed by atoms with E-state index in [0.29, 0.717) is 5.69 Å². The van der Waals surface area contributed by atoms with Gasteiger partial charge in [-0.3, -0.25) is 4.79 Å². The van der Waals surface area contributed by atoms with Crippen molar-refractivity contribution in [1.29, 1.82) is 0 Å². The molecule has 2 aromatic rings. The van der Waals surface area contributed by atoms with Crippen molar-refractivity contribution in [2.24, 2.45) is 5.73 Å². The third-order valence-electron chi connectivity index (χ3n) is 3.45. The minimum atomic E-state index is -4.43. The van der Waals surface area contributed by atoms with E-state index in [1.165, 1.54) is 29.2 Å². The summed E-state index contributed by atoms with van der Waals surface area (Å²) < 4.78 is 61.2. The molecule has 12 heteroatoms. The maximum Gasteiger partial charge on any atom is 0.416 e. The van der Waals surface area contributed by atoms with E-state index in [9.17, 15) is 26.4 Å². The van der Waals surface area contributed by atoms with Gasteiger partial charge >= 0.3 is 6.18 Å². The van der Waals surface area contributed by atoms with Crippen LogP contribution in [0.4, 0.5) is 18.9 Å². The molecule has 2 rings (SSSR count). The zero-order chi connectivity index (χ0) is 19.5. The second-order valence-corrected chi connectivity index (χ2v) is 7.99. The smallest absolute Gasteiger partial charge is 0.322 e. The number of carbonyl (C=O) groups excluding carboxylic acids is 1. The normalized spacial score (nSPS) is 12.9. The third kappa shape index (κ3) is 6.85. The van der Waals surface area contributed by atoms with Crippen LogP contribution in [-0.4, -0.2) is 42.2 Å². The van der Waals surface area contributed by atoms with Crippen molar-refractivity contribution >= 4 is 33.8 Å². The Kier molecular flexibility index (Phi) is 7.40. The van der Waals surface area contributed by atoms with Gasteiger partial charge in [-0.15, -0.1) is 12.4 Å². The van der Waals surface area contributed by atoms with E-state index in [-0.39, 0.29) is 30.3 Å². The van der Waals surface area contributed by atoms with E-state index in [4.69, 9.17) is 5.73 Å². The van der Waals surface area contributed by atoms with Gasteiger partial charge in [-0.05, 0) is 30.7 Å². The lowest BCUT2D eigenvalue weighted by Crippen LogP contribution is -2.37. The van der Waals surface area contributed by atoms with Gasteiger partial charge in [-0.2, -0.15) is 18.3 Å². The van der Waals surface area contributed by atoms with Crippen molar-refractivity contribution in [2.75, 3.05) is 17.3 Å². The van der Waals surface area contributed by atoms with E-state index < -0.39 is 33.5 Å². The number of amides is 1. The molecule has 0 aliphatic carbocycles. The average Bonchev–Trinajstić information content (AvgIpc) is 2.99. The number of nitrogens with two attached hydrogens (primary N) is 1. The predicted octanol–water partition coefficient (Wildman–Crippen LogP) is 2.01. The number of anilines is 1. The van der Waals surface area contributed by atoms with Gasteiger partial charge in [0.2, 0.25) is 5.91 Å². The van der Waals surface area contributed by atoms with Crippen LogP contribution in [0.5, 0.6) is 0 Å². The lowest BCUT2D eigenvalue weighted by Gasteiger charge is -2.10. The molecular weight excluding hydrogens is 409 g/mol. The number of hydrogen-bond acceptors (Lipinski definition) is 5. The molecule has 0 spiro atoms. The van der Waals surface area contributed by atoms with Crippen LogP contribution in [0.25, 0.3) is 5.69 Å². The topological polar surface area (TPSA) is 107 Å². The summed E-state index contributed by atoms with van der Waals surface area (Å²) >= 11 is 0. The van der Waals surface area contributed by atoms with E-state index >= 15 is 0 Å². The molecule has 150 valence electrons. The second-order valence-electron chi connectivity index (χ2n) is 5.73. The van der Waals surface area contributed by atoms with Crippen molar-refractivity contribution in [3.8, 4) is 5.69 Å². The first-order valence-corrected chi connectivity index (χ1v) is 9.48. The minimum absolute atomic E-state index is 0. The molecule has 1 heterocycles. The van der Waals surface area contributed by atoms with Gasteiger partial charge in [0, 0.05) is 6.26 Å². The lowest BCUT2D eigenvalue weighted by atomic mass is 10.2. The molecule has 1 aromatic heterocycles. The molecule has 1 amide bonds. The van der Waals surface area contributed by atoms with Crippen LogP contribution in [0.1, 0.15) is 12.0 Å². The van der Waals surface area contributed by atoms with E-state index in [2.05, 4.69) is 10.4 Å². The first kappa shape index (κ1) is 22.9. The van der Waals surface area contributed by atoms with Crippen molar-refractivity contribution in [3.05, 3.63) is 42.2 Å². The van der Waals surface area contributed by atoms with Crippen LogP contribution in [0.3, 0.4) is 0 Å². The van der Waals surface area contributed by atoms with Gasteiger partial charge in [-0.1, -0.05) is 0 Å². The van der Waals surface area contributed by atoms with Crippen LogP contribution in [0.15, 0.2) is 36.7 Å². The SMILES string of the molecule is CS(=O)(=O)CCC(N)C(=O)Nc1cnn(-c2ccc(C(F)(F)F)cc2)c1.Cl. The monoisotopic (exact) mass is 426 g/mol. The summed E-state index contributed by atoms with van der Waals surface area (Å²) in [6.07, 6.45) is -0.698. The zero-order valence-corrected chi connectivity index (χ0v) is 15.7. The molecule has 3 N–H and O–H groups in total. The zero-order valence-electron chi connectivity index (χ0n) is 14.1. The van der Waals surface area contributed by atoms with Crippen molar-refractivity contribution in [3.63, 3.8) is 0 Å². The van der Waals surface area contributed by atoms with Crippen molar-refractivity contribution in [2.45, 2.75) is 18.6 Å². The van der Waals surface area contributed by atoms with Crippen LogP contribution in [0.2, 0.25) is 0 Å². The highest BCUT2D eigenvalue weighted by molar-refractivity contribution is 7.90. The quantitative estimate of drug-likeness (QED) is 0.734. The van der Waals surface area contributed by atoms with E-state index in [1.54, 1.807) is 0 Å². The Bertz CT molecular complexity index is 882.